The Kier molecular flexibility index (Phi) is 6.23. The van der Waals surface area contributed by atoms with Crippen molar-refractivity contribution in [1.29, 1.82) is 0 Å². The normalized spacial score (nSPS) is 28.6. The van der Waals surface area contributed by atoms with Crippen LogP contribution in [0.3, 0.4) is 0 Å². The molecule has 2 amide bonds. The molecular weight excluding hydrogens is 514 g/mol. The Labute approximate surface area is 231 Å². The van der Waals surface area contributed by atoms with Gasteiger partial charge in [-0.3, -0.25) is 14.5 Å². The molecular formula is C31H31NO8. The van der Waals surface area contributed by atoms with Crippen molar-refractivity contribution in [3.05, 3.63) is 83.4 Å². The first-order chi connectivity index (χ1) is 19.3. The van der Waals surface area contributed by atoms with Crippen LogP contribution in [0.25, 0.3) is 0 Å². The Bertz CT molecular complexity index is 1460. The minimum Gasteiger partial charge on any atom is -0.497 e. The zero-order chi connectivity index (χ0) is 28.2. The summed E-state index contributed by atoms with van der Waals surface area (Å²) in [7, 11) is 4.51. The second-order valence-corrected chi connectivity index (χ2v) is 10.4. The van der Waals surface area contributed by atoms with Crippen molar-refractivity contribution in [2.24, 2.45) is 5.92 Å². The maximum absolute atomic E-state index is 14.2. The summed E-state index contributed by atoms with van der Waals surface area (Å²) >= 11 is 0. The van der Waals surface area contributed by atoms with Crippen molar-refractivity contribution >= 4 is 11.8 Å². The quantitative estimate of drug-likeness (QED) is 0.454. The summed E-state index contributed by atoms with van der Waals surface area (Å²) in [6.07, 6.45) is -0.862. The highest BCUT2D eigenvalue weighted by Gasteiger charge is 2.78. The number of hydrogen-bond donors (Lipinski definition) is 2. The van der Waals surface area contributed by atoms with Crippen molar-refractivity contribution < 1.29 is 38.7 Å². The summed E-state index contributed by atoms with van der Waals surface area (Å²) in [5, 5.41) is 25.1. The van der Waals surface area contributed by atoms with Gasteiger partial charge < -0.3 is 29.2 Å². The van der Waals surface area contributed by atoms with Gasteiger partial charge in [0.1, 0.15) is 29.1 Å². The molecule has 0 unspecified atom stereocenters. The fraction of sp³-hybridized carbons (Fsp3) is 0.355. The molecule has 1 aliphatic carbocycles. The SMILES string of the molecule is COc1ccc([C@@]23Oc4cc(OC)cc(OC)c4[C@]2(O)[C@H](O)[C@H](C(=O)N2CCCC2=O)[C@H]3c2ccccc2)cc1. The largest absolute Gasteiger partial charge is 0.497 e. The van der Waals surface area contributed by atoms with Crippen LogP contribution in [0.1, 0.15) is 35.4 Å². The van der Waals surface area contributed by atoms with E-state index in [4.69, 9.17) is 18.9 Å². The number of aliphatic hydroxyl groups excluding tert-OH is 1. The third-order valence-corrected chi connectivity index (χ3v) is 8.58. The number of carbonyl (C=O) groups is 2. The number of ether oxygens (including phenoxy) is 4. The van der Waals surface area contributed by atoms with E-state index < -0.39 is 35.0 Å². The molecule has 1 saturated heterocycles. The highest BCUT2D eigenvalue weighted by atomic mass is 16.5. The number of carbonyl (C=O) groups excluding carboxylic acids is 2. The summed E-state index contributed by atoms with van der Waals surface area (Å²) in [6.45, 7) is 0.258. The van der Waals surface area contributed by atoms with E-state index in [0.717, 1.165) is 0 Å². The molecule has 9 nitrogen and oxygen atoms in total. The van der Waals surface area contributed by atoms with E-state index in [0.29, 0.717) is 29.0 Å². The van der Waals surface area contributed by atoms with Crippen molar-refractivity contribution in [2.75, 3.05) is 27.9 Å². The van der Waals surface area contributed by atoms with Crippen LogP contribution in [0, 0.1) is 5.92 Å². The standard InChI is InChI=1S/C31H31NO8/c1-37-20-13-11-19(12-14-20)31-26(18-8-5-4-6-9-18)25(29(35)32-15-7-10-24(32)33)28(34)30(31,36)27-22(39-3)16-21(38-2)17-23(27)40-31/h4-6,8-9,11-14,16-17,25-26,28,34,36H,7,10,15H2,1-3H3/t25-,26-,28-,30+,31+/m1/s1. The highest BCUT2D eigenvalue weighted by molar-refractivity contribution is 5.99. The van der Waals surface area contributed by atoms with Crippen LogP contribution in [0.4, 0.5) is 0 Å². The molecule has 9 heteroatoms. The molecule has 6 rings (SSSR count). The topological polar surface area (TPSA) is 115 Å². The average Bonchev–Trinajstić information content (AvgIpc) is 3.59. The van der Waals surface area contributed by atoms with Gasteiger partial charge in [-0.15, -0.1) is 0 Å². The number of benzene rings is 3. The molecule has 2 aliphatic heterocycles. The maximum Gasteiger partial charge on any atom is 0.235 e. The molecule has 0 aromatic heterocycles. The lowest BCUT2D eigenvalue weighted by molar-refractivity contribution is -0.158. The first-order valence-corrected chi connectivity index (χ1v) is 13.2. The first-order valence-electron chi connectivity index (χ1n) is 13.2. The summed E-state index contributed by atoms with van der Waals surface area (Å²) < 4.78 is 23.3. The molecule has 5 atom stereocenters. The van der Waals surface area contributed by atoms with Crippen LogP contribution in [0.2, 0.25) is 0 Å². The van der Waals surface area contributed by atoms with Gasteiger partial charge in [-0.25, -0.2) is 0 Å². The van der Waals surface area contributed by atoms with Gasteiger partial charge in [0.25, 0.3) is 0 Å². The predicted molar refractivity (Wildman–Crippen MR) is 143 cm³/mol. The minimum atomic E-state index is -2.15. The Hall–Kier alpha value is -4.08. The third kappa shape index (κ3) is 3.40. The second-order valence-electron chi connectivity index (χ2n) is 10.4. The molecule has 0 spiro atoms. The van der Waals surface area contributed by atoms with E-state index in [2.05, 4.69) is 0 Å². The summed E-state index contributed by atoms with van der Waals surface area (Å²) in [6, 6.07) is 19.4. The molecule has 2 N–H and O–H groups in total. The van der Waals surface area contributed by atoms with E-state index >= 15 is 0 Å². The van der Waals surface area contributed by atoms with Crippen LogP contribution in [0.15, 0.2) is 66.7 Å². The zero-order valence-corrected chi connectivity index (χ0v) is 22.5. The van der Waals surface area contributed by atoms with Gasteiger partial charge in [0, 0.05) is 31.0 Å². The number of amides is 2. The van der Waals surface area contributed by atoms with Crippen molar-refractivity contribution in [3.63, 3.8) is 0 Å². The molecule has 40 heavy (non-hydrogen) atoms. The van der Waals surface area contributed by atoms with Crippen LogP contribution in [-0.2, 0) is 20.8 Å². The number of rotatable bonds is 6. The summed E-state index contributed by atoms with van der Waals surface area (Å²) in [4.78, 5) is 28.1. The van der Waals surface area contributed by atoms with Gasteiger partial charge in [0.15, 0.2) is 11.2 Å². The second kappa shape index (κ2) is 9.53. The summed E-state index contributed by atoms with van der Waals surface area (Å²) in [5.74, 6) is -1.43. The molecule has 3 aromatic carbocycles. The van der Waals surface area contributed by atoms with E-state index in [9.17, 15) is 19.8 Å². The van der Waals surface area contributed by atoms with E-state index in [1.54, 1.807) is 43.5 Å². The monoisotopic (exact) mass is 545 g/mol. The highest BCUT2D eigenvalue weighted by Crippen LogP contribution is 2.70. The van der Waals surface area contributed by atoms with Crippen LogP contribution < -0.4 is 18.9 Å². The number of imide groups is 1. The molecule has 0 radical (unpaired) electrons. The Morgan fingerprint density at radius 2 is 1.68 bits per heavy atom. The van der Waals surface area contributed by atoms with Crippen molar-refractivity contribution in [3.8, 4) is 23.0 Å². The van der Waals surface area contributed by atoms with Gasteiger partial charge >= 0.3 is 0 Å². The number of methoxy groups -OCH3 is 3. The molecule has 208 valence electrons. The lowest BCUT2D eigenvalue weighted by atomic mass is 9.70. The molecule has 1 saturated carbocycles. The Morgan fingerprint density at radius 1 is 0.975 bits per heavy atom. The van der Waals surface area contributed by atoms with E-state index in [1.165, 1.54) is 19.1 Å². The van der Waals surface area contributed by atoms with Crippen molar-refractivity contribution in [2.45, 2.75) is 36.1 Å². The molecule has 0 bridgehead atoms. The lowest BCUT2D eigenvalue weighted by Gasteiger charge is -2.41. The van der Waals surface area contributed by atoms with Crippen LogP contribution in [0.5, 0.6) is 23.0 Å². The fourth-order valence-electron chi connectivity index (χ4n) is 6.84. The molecule has 3 aliphatic rings. The smallest absolute Gasteiger partial charge is 0.235 e. The van der Waals surface area contributed by atoms with Gasteiger partial charge in [-0.1, -0.05) is 42.5 Å². The van der Waals surface area contributed by atoms with Gasteiger partial charge in [0.05, 0.1) is 32.8 Å². The zero-order valence-electron chi connectivity index (χ0n) is 22.5. The number of likely N-dealkylation sites (tertiary alicyclic amines) is 1. The predicted octanol–water partition coefficient (Wildman–Crippen LogP) is 3.11. The van der Waals surface area contributed by atoms with Crippen LogP contribution >= 0.6 is 0 Å². The maximum atomic E-state index is 14.2. The average molecular weight is 546 g/mol. The number of hydrogen-bond acceptors (Lipinski definition) is 8. The minimum absolute atomic E-state index is 0.211. The summed E-state index contributed by atoms with van der Waals surface area (Å²) in [5.41, 5.74) is -2.45. The molecule has 3 aromatic rings. The van der Waals surface area contributed by atoms with E-state index in [-0.39, 0.29) is 35.9 Å². The number of fused-ring (bicyclic) bond motifs is 3. The third-order valence-electron chi connectivity index (χ3n) is 8.58. The first kappa shape index (κ1) is 26.2. The Morgan fingerprint density at radius 3 is 2.27 bits per heavy atom. The lowest BCUT2D eigenvalue weighted by Crippen LogP contribution is -2.52. The van der Waals surface area contributed by atoms with Gasteiger partial charge in [-0.05, 0) is 29.7 Å². The van der Waals surface area contributed by atoms with Gasteiger partial charge in [0.2, 0.25) is 11.8 Å². The van der Waals surface area contributed by atoms with Gasteiger partial charge in [-0.2, -0.15) is 0 Å². The molecule has 2 fully saturated rings. The van der Waals surface area contributed by atoms with E-state index in [1.807, 2.05) is 30.3 Å². The molecule has 2 heterocycles. The number of nitrogens with zero attached hydrogens (tertiary/aromatic N) is 1. The Balaban J connectivity index is 1.67. The van der Waals surface area contributed by atoms with Crippen LogP contribution in [-0.4, -0.2) is 60.9 Å². The fourth-order valence-corrected chi connectivity index (χ4v) is 6.84. The number of aliphatic hydroxyl groups is 2. The van der Waals surface area contributed by atoms with Crippen molar-refractivity contribution in [1.82, 2.24) is 4.90 Å².